The average Bonchev–Trinajstić information content (AvgIpc) is 3.52. The zero-order valence-corrected chi connectivity index (χ0v) is 15.8. The summed E-state index contributed by atoms with van der Waals surface area (Å²) < 4.78 is 43.1. The van der Waals surface area contributed by atoms with E-state index in [1.54, 1.807) is 12.1 Å². The molecule has 12 rings (SSSR count). The van der Waals surface area contributed by atoms with Crippen LogP contribution in [0.15, 0.2) is 36.7 Å². The minimum atomic E-state index is -3.93. The van der Waals surface area contributed by atoms with Crippen LogP contribution in [0.5, 0.6) is 0 Å². The van der Waals surface area contributed by atoms with Crippen molar-refractivity contribution in [1.82, 2.24) is 4.57 Å². The Kier molecular flexibility index (Phi) is 0.550. The molecule has 0 amide bonds. The molecule has 4 atom stereocenters. The summed E-state index contributed by atoms with van der Waals surface area (Å²) in [5, 5.41) is 0. The molecule has 0 saturated carbocycles. The SMILES string of the molecule is Fc1ccc(CCn2cccc2)c(F)c1[C]12[CH]3[CH]4[CH]5[CH]1[Ti]45321678[CH]2[CH]1[CH]6[CH]7[CH]28. The molecule has 1 aromatic heterocycles. The number of rotatable bonds is 4. The first-order chi connectivity index (χ1) is 12.4. The Balaban J connectivity index is 1.15. The maximum atomic E-state index is 15.8. The number of nitrogens with zero attached hydrogens (tertiary/aromatic N) is 1. The predicted molar refractivity (Wildman–Crippen MR) is 89.9 cm³/mol. The van der Waals surface area contributed by atoms with E-state index in [9.17, 15) is 0 Å². The van der Waals surface area contributed by atoms with Crippen molar-refractivity contribution in [3.8, 4) is 0 Å². The van der Waals surface area contributed by atoms with Gasteiger partial charge in [0.25, 0.3) is 0 Å². The fraction of sp³-hybridized carbons (Fsp3) is 0.545. The van der Waals surface area contributed by atoms with Crippen LogP contribution in [0.4, 0.5) is 8.78 Å². The Morgan fingerprint density at radius 3 is 2.00 bits per heavy atom. The van der Waals surface area contributed by atoms with Gasteiger partial charge in [0.05, 0.1) is 0 Å². The number of halogens is 2. The van der Waals surface area contributed by atoms with Crippen molar-refractivity contribution in [3.05, 3.63) is 59.4 Å². The van der Waals surface area contributed by atoms with E-state index in [1.807, 2.05) is 24.5 Å². The molecule has 4 unspecified atom stereocenters. The summed E-state index contributed by atoms with van der Waals surface area (Å²) in [5.74, 6) is -0.288. The van der Waals surface area contributed by atoms with Gasteiger partial charge in [-0.15, -0.1) is 0 Å². The van der Waals surface area contributed by atoms with Gasteiger partial charge < -0.3 is 0 Å². The van der Waals surface area contributed by atoms with E-state index >= 15 is 8.78 Å². The molecule has 0 N–H and O–H groups in total. The molecular weight excluding hydrogens is 364 g/mol. The van der Waals surface area contributed by atoms with Crippen LogP contribution in [0.2, 0.25) is 38.0 Å². The first-order valence-corrected chi connectivity index (χ1v) is 20.0. The number of fused-ring (bicyclic) bond motifs is 10. The molecule has 10 fully saturated rings. The summed E-state index contributed by atoms with van der Waals surface area (Å²) in [6.07, 6.45) is 4.71. The van der Waals surface area contributed by atoms with Crippen molar-refractivity contribution >= 4 is 0 Å². The van der Waals surface area contributed by atoms with Gasteiger partial charge in [-0.1, -0.05) is 0 Å². The topological polar surface area (TPSA) is 4.93 Å². The molecule has 0 bridgehead atoms. The predicted octanol–water partition coefficient (Wildman–Crippen LogP) is 5.80. The summed E-state index contributed by atoms with van der Waals surface area (Å²) in [7, 11) is -3.93. The monoisotopic (exact) mass is 383 g/mol. The second kappa shape index (κ2) is 1.28. The summed E-state index contributed by atoms with van der Waals surface area (Å²) in [5.41, 5.74) is 1.43. The minimum absolute atomic E-state index is 0.114. The Bertz CT molecular complexity index is 1460. The maximum absolute atomic E-state index is 15.8. The molecule has 10 aliphatic rings. The van der Waals surface area contributed by atoms with E-state index in [-0.39, 0.29) is 15.4 Å². The Morgan fingerprint density at radius 1 is 0.885 bits per heavy atom. The molecule has 0 radical (unpaired) electrons. The van der Waals surface area contributed by atoms with Crippen LogP contribution in [-0.4, -0.2) is 4.57 Å². The van der Waals surface area contributed by atoms with Gasteiger partial charge in [0.15, 0.2) is 0 Å². The van der Waals surface area contributed by atoms with Crippen LogP contribution in [0.1, 0.15) is 11.1 Å². The third-order valence-electron chi connectivity index (χ3n) is 23.1. The number of aromatic nitrogens is 1. The number of hydrogen-bond donors (Lipinski definition) is 0. The van der Waals surface area contributed by atoms with E-state index in [0.29, 0.717) is 12.0 Å². The van der Waals surface area contributed by atoms with Gasteiger partial charge in [-0.05, 0) is 0 Å². The van der Waals surface area contributed by atoms with Gasteiger partial charge in [-0.25, -0.2) is 0 Å². The van der Waals surface area contributed by atoms with Crippen LogP contribution in [0, 0.1) is 11.6 Å². The third-order valence-corrected chi connectivity index (χ3v) is 83.0. The average molecular weight is 383 g/mol. The Morgan fingerprint density at radius 2 is 1.50 bits per heavy atom. The molecule has 26 heavy (non-hydrogen) atoms. The molecule has 10 saturated heterocycles. The second-order valence-electron chi connectivity index (χ2n) is 16.4. The summed E-state index contributed by atoms with van der Waals surface area (Å²) in [6.45, 7) is 0.776. The standard InChI is InChI=1S/C17H14F2N.C5H5.Ti/c18-15-8-7-14(9-12-20-10-3-4-11-20)17(19)16(15)13-5-1-2-6-13;1-2-4-5-3-1;/h1-8,10-11H,9,12H2;1-5H;. The van der Waals surface area contributed by atoms with Crippen LogP contribution < -0.4 is 0 Å². The van der Waals surface area contributed by atoms with Gasteiger partial charge in [-0.2, -0.15) is 0 Å². The van der Waals surface area contributed by atoms with Crippen LogP contribution in [-0.2, 0) is 25.6 Å². The number of aryl methyl sites for hydroxylation is 2. The second-order valence-corrected chi connectivity index (χ2v) is 49.7. The normalized spacial score (nSPS) is 82.0. The number of hydrogen-bond acceptors (Lipinski definition) is 0. The van der Waals surface area contributed by atoms with Crippen LogP contribution in [0.3, 0.4) is 0 Å². The summed E-state index contributed by atoms with van der Waals surface area (Å²) in [4.78, 5) is 0. The van der Waals surface area contributed by atoms with Gasteiger partial charge >= 0.3 is 136 Å². The first-order valence-electron chi connectivity index (χ1n) is 11.1. The van der Waals surface area contributed by atoms with Crippen molar-refractivity contribution in [2.45, 2.75) is 54.7 Å². The van der Waals surface area contributed by atoms with Gasteiger partial charge in [0.1, 0.15) is 0 Å². The molecular formula is C22H19F2NTi. The number of benzene rings is 1. The van der Waals surface area contributed by atoms with E-state index in [2.05, 4.69) is 4.57 Å². The Hall–Kier alpha value is -0.926. The van der Waals surface area contributed by atoms with E-state index in [1.165, 1.54) is 0 Å². The van der Waals surface area contributed by atoms with E-state index < -0.39 is 8.89 Å². The van der Waals surface area contributed by atoms with Crippen molar-refractivity contribution in [2.24, 2.45) is 0 Å². The summed E-state index contributed by atoms with van der Waals surface area (Å²) >= 11 is 0. The molecule has 1 aromatic carbocycles. The van der Waals surface area contributed by atoms with Crippen molar-refractivity contribution in [3.63, 3.8) is 0 Å². The van der Waals surface area contributed by atoms with Crippen LogP contribution in [0.25, 0.3) is 0 Å². The molecule has 11 heterocycles. The fourth-order valence-corrected chi connectivity index (χ4v) is 149. The van der Waals surface area contributed by atoms with Gasteiger partial charge in [0.2, 0.25) is 0 Å². The summed E-state index contributed by atoms with van der Waals surface area (Å²) in [6, 6.07) is 7.36. The van der Waals surface area contributed by atoms with Crippen LogP contribution >= 0.6 is 0 Å². The van der Waals surface area contributed by atoms with Crippen molar-refractivity contribution < 1.29 is 17.7 Å². The zero-order valence-electron chi connectivity index (χ0n) is 14.3. The molecule has 1 spiro atoms. The van der Waals surface area contributed by atoms with Gasteiger partial charge in [0, 0.05) is 0 Å². The fourth-order valence-electron chi connectivity index (χ4n) is 26.5. The van der Waals surface area contributed by atoms with E-state index in [0.717, 1.165) is 50.1 Å². The quantitative estimate of drug-likeness (QED) is 0.588. The van der Waals surface area contributed by atoms with Crippen molar-refractivity contribution in [1.29, 1.82) is 0 Å². The molecule has 2 aromatic rings. The molecule has 130 valence electrons. The van der Waals surface area contributed by atoms with E-state index in [4.69, 9.17) is 0 Å². The Labute approximate surface area is 136 Å². The third kappa shape index (κ3) is 0.184. The molecule has 10 aliphatic heterocycles. The first kappa shape index (κ1) is 11.2. The molecule has 1 nitrogen and oxygen atoms in total. The molecule has 4 heteroatoms. The zero-order chi connectivity index (χ0) is 16.6. The van der Waals surface area contributed by atoms with Gasteiger partial charge in [-0.3, -0.25) is 0 Å². The van der Waals surface area contributed by atoms with Crippen molar-refractivity contribution in [2.75, 3.05) is 0 Å². The molecule has 0 aliphatic carbocycles.